The van der Waals surface area contributed by atoms with Gasteiger partial charge in [-0.05, 0) is 23.3 Å². The number of aromatic nitrogens is 1. The van der Waals surface area contributed by atoms with E-state index in [-0.39, 0.29) is 5.92 Å². The number of aromatic amines is 1. The summed E-state index contributed by atoms with van der Waals surface area (Å²) < 4.78 is 0. The minimum Gasteiger partial charge on any atom is -0.364 e. The average molecular weight is 259 g/mol. The van der Waals surface area contributed by atoms with E-state index in [1.54, 1.807) is 0 Å². The lowest BCUT2D eigenvalue weighted by Gasteiger charge is -2.11. The summed E-state index contributed by atoms with van der Waals surface area (Å²) in [6.45, 7) is 0. The minimum atomic E-state index is 0.256. The molecule has 98 valence electrons. The van der Waals surface area contributed by atoms with Gasteiger partial charge in [0.05, 0.1) is 0 Å². The van der Waals surface area contributed by atoms with Gasteiger partial charge in [-0.3, -0.25) is 0 Å². The number of hydrogen-bond donors (Lipinski definition) is 1. The largest absolute Gasteiger partial charge is 0.364 e. The molecule has 1 aromatic heterocycles. The normalized spacial score (nSPS) is 12.6. The Morgan fingerprint density at radius 2 is 1.45 bits per heavy atom. The lowest BCUT2D eigenvalue weighted by Crippen LogP contribution is -1.97. The summed E-state index contributed by atoms with van der Waals surface area (Å²) in [4.78, 5) is 3.32. The molecule has 2 aromatic carbocycles. The van der Waals surface area contributed by atoms with E-state index >= 15 is 0 Å². The summed E-state index contributed by atoms with van der Waals surface area (Å²) in [6.07, 6.45) is 6.40. The highest BCUT2D eigenvalue weighted by Gasteiger charge is 2.10. The van der Waals surface area contributed by atoms with Crippen molar-refractivity contribution in [2.75, 3.05) is 0 Å². The quantitative estimate of drug-likeness (QED) is 0.688. The second-order valence-corrected chi connectivity index (χ2v) is 4.78. The van der Waals surface area contributed by atoms with Crippen molar-refractivity contribution >= 4 is 6.08 Å². The fourth-order valence-corrected chi connectivity index (χ4v) is 2.36. The molecule has 0 amide bonds. The lowest BCUT2D eigenvalue weighted by molar-refractivity contribution is 0.977. The molecule has 1 heteroatoms. The molecule has 1 nitrogen and oxygen atoms in total. The molecular weight excluding hydrogens is 242 g/mol. The lowest BCUT2D eigenvalue weighted by atomic mass is 9.94. The summed E-state index contributed by atoms with van der Waals surface area (Å²) in [5.74, 6) is 0.256. The van der Waals surface area contributed by atoms with Crippen LogP contribution in [0.3, 0.4) is 0 Å². The number of H-pyrrole nitrogens is 1. The summed E-state index contributed by atoms with van der Waals surface area (Å²) in [5, 5.41) is 0. The standard InChI is InChI=1S/C19H17N/c1-3-8-16(9-4-1)13-14-18(19-12-7-15-20-19)17-10-5-2-6-11-17/h1-15,18,20H/b14-13-. The first kappa shape index (κ1) is 12.5. The van der Waals surface area contributed by atoms with E-state index in [0.717, 1.165) is 0 Å². The van der Waals surface area contributed by atoms with E-state index in [2.05, 4.69) is 77.8 Å². The van der Waals surface area contributed by atoms with Gasteiger partial charge in [0, 0.05) is 17.8 Å². The van der Waals surface area contributed by atoms with Gasteiger partial charge in [-0.1, -0.05) is 72.8 Å². The molecule has 3 rings (SSSR count). The smallest absolute Gasteiger partial charge is 0.0424 e. The Bertz CT molecular complexity index is 652. The molecule has 0 spiro atoms. The molecule has 0 saturated carbocycles. The van der Waals surface area contributed by atoms with Crippen molar-refractivity contribution in [3.05, 3.63) is 102 Å². The summed E-state index contributed by atoms with van der Waals surface area (Å²) in [7, 11) is 0. The molecule has 0 bridgehead atoms. The average Bonchev–Trinajstić information content (AvgIpc) is 3.04. The van der Waals surface area contributed by atoms with Gasteiger partial charge in [0.15, 0.2) is 0 Å². The van der Waals surface area contributed by atoms with Crippen molar-refractivity contribution < 1.29 is 0 Å². The maximum absolute atomic E-state index is 3.32. The van der Waals surface area contributed by atoms with Crippen LogP contribution in [-0.4, -0.2) is 4.98 Å². The van der Waals surface area contributed by atoms with Crippen molar-refractivity contribution in [3.8, 4) is 0 Å². The second kappa shape index (κ2) is 6.07. The van der Waals surface area contributed by atoms with E-state index in [9.17, 15) is 0 Å². The van der Waals surface area contributed by atoms with Crippen molar-refractivity contribution in [3.63, 3.8) is 0 Å². The first-order valence-corrected chi connectivity index (χ1v) is 6.85. The van der Waals surface area contributed by atoms with Crippen LogP contribution in [0.4, 0.5) is 0 Å². The van der Waals surface area contributed by atoms with Crippen molar-refractivity contribution in [1.82, 2.24) is 4.98 Å². The number of hydrogen-bond acceptors (Lipinski definition) is 0. The van der Waals surface area contributed by atoms with Crippen LogP contribution < -0.4 is 0 Å². The minimum absolute atomic E-state index is 0.256. The highest BCUT2D eigenvalue weighted by Crippen LogP contribution is 2.25. The predicted molar refractivity (Wildman–Crippen MR) is 84.6 cm³/mol. The zero-order chi connectivity index (χ0) is 13.6. The predicted octanol–water partition coefficient (Wildman–Crippen LogP) is 4.86. The molecule has 0 aliphatic carbocycles. The van der Waals surface area contributed by atoms with E-state index in [1.165, 1.54) is 16.8 Å². The van der Waals surface area contributed by atoms with E-state index < -0.39 is 0 Å². The van der Waals surface area contributed by atoms with Crippen molar-refractivity contribution in [1.29, 1.82) is 0 Å². The third-order valence-electron chi connectivity index (χ3n) is 3.40. The number of rotatable bonds is 4. The van der Waals surface area contributed by atoms with Crippen LogP contribution in [0.5, 0.6) is 0 Å². The van der Waals surface area contributed by atoms with Gasteiger partial charge < -0.3 is 4.98 Å². The monoisotopic (exact) mass is 259 g/mol. The molecule has 0 fully saturated rings. The van der Waals surface area contributed by atoms with Gasteiger partial charge in [0.2, 0.25) is 0 Å². The molecule has 0 aliphatic heterocycles. The van der Waals surface area contributed by atoms with E-state index in [4.69, 9.17) is 0 Å². The van der Waals surface area contributed by atoms with Gasteiger partial charge in [-0.25, -0.2) is 0 Å². The fourth-order valence-electron chi connectivity index (χ4n) is 2.36. The molecule has 0 saturated heterocycles. The summed E-state index contributed by atoms with van der Waals surface area (Å²) in [6, 6.07) is 25.1. The van der Waals surface area contributed by atoms with Gasteiger partial charge in [-0.15, -0.1) is 0 Å². The third kappa shape index (κ3) is 2.89. The molecule has 0 radical (unpaired) electrons. The highest BCUT2D eigenvalue weighted by molar-refractivity contribution is 5.52. The molecule has 20 heavy (non-hydrogen) atoms. The van der Waals surface area contributed by atoms with Crippen molar-refractivity contribution in [2.24, 2.45) is 0 Å². The number of nitrogens with one attached hydrogen (secondary N) is 1. The van der Waals surface area contributed by atoms with Gasteiger partial charge in [-0.2, -0.15) is 0 Å². The first-order chi connectivity index (χ1) is 9.93. The maximum atomic E-state index is 3.32. The second-order valence-electron chi connectivity index (χ2n) is 4.78. The van der Waals surface area contributed by atoms with Crippen LogP contribution in [0, 0.1) is 0 Å². The van der Waals surface area contributed by atoms with Gasteiger partial charge in [0.1, 0.15) is 0 Å². The van der Waals surface area contributed by atoms with E-state index in [1.807, 2.05) is 18.3 Å². The SMILES string of the molecule is C(=C/C(c1ccccc1)c1ccc[nH]1)/c1ccccc1. The molecule has 1 unspecified atom stereocenters. The van der Waals surface area contributed by atoms with Crippen molar-refractivity contribution in [2.45, 2.75) is 5.92 Å². The molecule has 1 atom stereocenters. The summed E-state index contributed by atoms with van der Waals surface area (Å²) in [5.41, 5.74) is 3.73. The Balaban J connectivity index is 1.93. The van der Waals surface area contributed by atoms with Gasteiger partial charge in [0.25, 0.3) is 0 Å². The Morgan fingerprint density at radius 1 is 0.750 bits per heavy atom. The topological polar surface area (TPSA) is 15.8 Å². The summed E-state index contributed by atoms with van der Waals surface area (Å²) >= 11 is 0. The van der Waals surface area contributed by atoms with Crippen LogP contribution in [-0.2, 0) is 0 Å². The zero-order valence-corrected chi connectivity index (χ0v) is 11.2. The van der Waals surface area contributed by atoms with Crippen LogP contribution >= 0.6 is 0 Å². The van der Waals surface area contributed by atoms with E-state index in [0.29, 0.717) is 0 Å². The molecule has 1 N–H and O–H groups in total. The Kier molecular flexibility index (Phi) is 3.79. The van der Waals surface area contributed by atoms with Gasteiger partial charge >= 0.3 is 0 Å². The fraction of sp³-hybridized carbons (Fsp3) is 0.0526. The highest BCUT2D eigenvalue weighted by atomic mass is 14.7. The third-order valence-corrected chi connectivity index (χ3v) is 3.40. The zero-order valence-electron chi connectivity index (χ0n) is 11.2. The first-order valence-electron chi connectivity index (χ1n) is 6.85. The Morgan fingerprint density at radius 3 is 2.10 bits per heavy atom. The van der Waals surface area contributed by atoms with Crippen LogP contribution in [0.2, 0.25) is 0 Å². The van der Waals surface area contributed by atoms with Crippen LogP contribution in [0.25, 0.3) is 6.08 Å². The molecule has 3 aromatic rings. The number of allylic oxidation sites excluding steroid dienone is 1. The maximum Gasteiger partial charge on any atom is 0.0424 e. The molecule has 0 aliphatic rings. The Labute approximate surface area is 119 Å². The van der Waals surface area contributed by atoms with Crippen LogP contribution in [0.15, 0.2) is 85.1 Å². The Hall–Kier alpha value is -2.54. The molecule has 1 heterocycles. The molecular formula is C19H17N. The number of benzene rings is 2. The van der Waals surface area contributed by atoms with Crippen LogP contribution in [0.1, 0.15) is 22.7 Å².